The van der Waals surface area contributed by atoms with Crippen LogP contribution in [0.1, 0.15) is 52.2 Å². The standard InChI is InChI=1S/C19H23N7OS/c1-11(2)14(16-23-15(25-27-16)12-6-8-20-9-7-12)22-17-24-26-10-13(19(3,4)5)21-18(26)28-17/h6-11,14H,1-5H3,(H,22,24). The molecule has 4 aromatic rings. The van der Waals surface area contributed by atoms with Crippen molar-refractivity contribution in [2.75, 3.05) is 5.32 Å². The Balaban J connectivity index is 1.58. The van der Waals surface area contributed by atoms with Crippen molar-refractivity contribution in [3.63, 3.8) is 0 Å². The number of rotatable bonds is 5. The summed E-state index contributed by atoms with van der Waals surface area (Å²) < 4.78 is 7.37. The highest BCUT2D eigenvalue weighted by Gasteiger charge is 2.25. The summed E-state index contributed by atoms with van der Waals surface area (Å²) in [5, 5.41) is 12.9. The summed E-state index contributed by atoms with van der Waals surface area (Å²) in [7, 11) is 0. The zero-order valence-electron chi connectivity index (χ0n) is 16.5. The average Bonchev–Trinajstić information content (AvgIpc) is 3.34. The summed E-state index contributed by atoms with van der Waals surface area (Å²) in [6.45, 7) is 10.6. The zero-order chi connectivity index (χ0) is 19.9. The van der Waals surface area contributed by atoms with Gasteiger partial charge in [0.1, 0.15) is 6.04 Å². The number of imidazole rings is 1. The van der Waals surface area contributed by atoms with E-state index in [2.05, 4.69) is 60.2 Å². The van der Waals surface area contributed by atoms with Gasteiger partial charge in [0.25, 0.3) is 0 Å². The number of anilines is 1. The average molecular weight is 398 g/mol. The highest BCUT2D eigenvalue weighted by Crippen LogP contribution is 2.31. The van der Waals surface area contributed by atoms with Crippen molar-refractivity contribution in [3.8, 4) is 11.4 Å². The SMILES string of the molecule is CC(C)C(Nc1nn2cc(C(C)(C)C)nc2s1)c1nc(-c2ccncc2)no1. The first kappa shape index (κ1) is 18.5. The summed E-state index contributed by atoms with van der Waals surface area (Å²) in [6.07, 6.45) is 5.40. The molecule has 0 radical (unpaired) electrons. The van der Waals surface area contributed by atoms with Gasteiger partial charge in [-0.05, 0) is 18.1 Å². The van der Waals surface area contributed by atoms with E-state index in [1.165, 1.54) is 11.3 Å². The van der Waals surface area contributed by atoms with E-state index < -0.39 is 0 Å². The molecule has 0 aliphatic carbocycles. The van der Waals surface area contributed by atoms with E-state index in [9.17, 15) is 0 Å². The van der Waals surface area contributed by atoms with Gasteiger partial charge in [-0.2, -0.15) is 4.98 Å². The van der Waals surface area contributed by atoms with Crippen LogP contribution in [0.4, 0.5) is 5.13 Å². The summed E-state index contributed by atoms with van der Waals surface area (Å²) in [6, 6.07) is 3.56. The lowest BCUT2D eigenvalue weighted by Crippen LogP contribution is -2.17. The number of nitrogens with one attached hydrogen (secondary N) is 1. The van der Waals surface area contributed by atoms with Crippen molar-refractivity contribution in [2.24, 2.45) is 5.92 Å². The molecule has 0 saturated heterocycles. The number of fused-ring (bicyclic) bond motifs is 1. The van der Waals surface area contributed by atoms with Crippen LogP contribution in [0.25, 0.3) is 16.3 Å². The largest absolute Gasteiger partial charge is 0.348 e. The van der Waals surface area contributed by atoms with Gasteiger partial charge >= 0.3 is 0 Å². The fourth-order valence-corrected chi connectivity index (χ4v) is 3.56. The molecule has 0 saturated carbocycles. The Morgan fingerprint density at radius 3 is 2.54 bits per heavy atom. The van der Waals surface area contributed by atoms with Crippen LogP contribution >= 0.6 is 11.3 Å². The van der Waals surface area contributed by atoms with Crippen LogP contribution in [0.2, 0.25) is 0 Å². The molecule has 146 valence electrons. The summed E-state index contributed by atoms with van der Waals surface area (Å²) in [4.78, 5) is 14.1. The van der Waals surface area contributed by atoms with E-state index >= 15 is 0 Å². The minimum atomic E-state index is -0.152. The van der Waals surface area contributed by atoms with Crippen molar-refractivity contribution < 1.29 is 4.52 Å². The van der Waals surface area contributed by atoms with Crippen LogP contribution in [-0.2, 0) is 5.41 Å². The third kappa shape index (κ3) is 3.62. The van der Waals surface area contributed by atoms with Gasteiger partial charge in [-0.15, -0.1) is 5.10 Å². The van der Waals surface area contributed by atoms with Crippen LogP contribution in [0.3, 0.4) is 0 Å². The molecule has 0 aromatic carbocycles. The first-order chi connectivity index (χ1) is 13.3. The minimum Gasteiger partial charge on any atom is -0.348 e. The molecule has 8 nitrogen and oxygen atoms in total. The van der Waals surface area contributed by atoms with E-state index in [1.807, 2.05) is 22.8 Å². The summed E-state index contributed by atoms with van der Waals surface area (Å²) >= 11 is 1.51. The van der Waals surface area contributed by atoms with Gasteiger partial charge < -0.3 is 9.84 Å². The number of aromatic nitrogens is 6. The molecule has 1 N–H and O–H groups in total. The molecular weight excluding hydrogens is 374 g/mol. The smallest absolute Gasteiger partial charge is 0.249 e. The van der Waals surface area contributed by atoms with Crippen molar-refractivity contribution in [3.05, 3.63) is 42.3 Å². The predicted octanol–water partition coefficient (Wildman–Crippen LogP) is 4.34. The molecule has 0 spiro atoms. The van der Waals surface area contributed by atoms with E-state index in [0.717, 1.165) is 21.3 Å². The molecular formula is C19H23N7OS. The predicted molar refractivity (Wildman–Crippen MR) is 108 cm³/mol. The fraction of sp³-hybridized carbons (Fsp3) is 0.421. The Kier molecular flexibility index (Phi) is 4.62. The maximum Gasteiger partial charge on any atom is 0.249 e. The lowest BCUT2D eigenvalue weighted by Gasteiger charge is -2.17. The summed E-state index contributed by atoms with van der Waals surface area (Å²) in [5.41, 5.74) is 1.89. The quantitative estimate of drug-likeness (QED) is 0.535. The number of hydrogen-bond donors (Lipinski definition) is 1. The molecule has 1 unspecified atom stereocenters. The molecule has 0 aliphatic rings. The van der Waals surface area contributed by atoms with Crippen molar-refractivity contribution in [1.82, 2.24) is 29.7 Å². The van der Waals surface area contributed by atoms with E-state index in [0.29, 0.717) is 11.7 Å². The Bertz CT molecular complexity index is 1040. The summed E-state index contributed by atoms with van der Waals surface area (Å²) in [5.74, 6) is 1.31. The monoisotopic (exact) mass is 397 g/mol. The maximum atomic E-state index is 5.54. The van der Waals surface area contributed by atoms with Gasteiger partial charge in [-0.3, -0.25) is 4.98 Å². The fourth-order valence-electron chi connectivity index (χ4n) is 2.75. The Morgan fingerprint density at radius 2 is 1.89 bits per heavy atom. The van der Waals surface area contributed by atoms with E-state index in [1.54, 1.807) is 12.4 Å². The lowest BCUT2D eigenvalue weighted by atomic mass is 9.93. The highest BCUT2D eigenvalue weighted by molar-refractivity contribution is 7.20. The first-order valence-electron chi connectivity index (χ1n) is 9.18. The molecule has 28 heavy (non-hydrogen) atoms. The van der Waals surface area contributed by atoms with E-state index in [-0.39, 0.29) is 17.4 Å². The third-order valence-electron chi connectivity index (χ3n) is 4.40. The van der Waals surface area contributed by atoms with Gasteiger partial charge in [0.05, 0.1) is 11.9 Å². The normalized spacial score (nSPS) is 13.4. The Labute approximate surface area is 167 Å². The third-order valence-corrected chi connectivity index (χ3v) is 5.26. The number of hydrogen-bond acceptors (Lipinski definition) is 8. The number of pyridine rings is 1. The van der Waals surface area contributed by atoms with Crippen LogP contribution in [0, 0.1) is 5.92 Å². The van der Waals surface area contributed by atoms with Crippen molar-refractivity contribution in [2.45, 2.75) is 46.1 Å². The molecule has 4 aromatic heterocycles. The Morgan fingerprint density at radius 1 is 1.14 bits per heavy atom. The molecule has 4 heterocycles. The minimum absolute atomic E-state index is 0.00536. The first-order valence-corrected chi connectivity index (χ1v) is 10.00. The molecule has 0 amide bonds. The Hall–Kier alpha value is -2.81. The lowest BCUT2D eigenvalue weighted by molar-refractivity contribution is 0.336. The molecule has 1 atom stereocenters. The van der Waals surface area contributed by atoms with Gasteiger partial charge in [0.2, 0.25) is 21.8 Å². The van der Waals surface area contributed by atoms with Crippen molar-refractivity contribution >= 4 is 21.4 Å². The maximum absolute atomic E-state index is 5.54. The zero-order valence-corrected chi connectivity index (χ0v) is 17.4. The molecule has 0 bridgehead atoms. The van der Waals surface area contributed by atoms with Crippen LogP contribution in [0.15, 0.2) is 35.2 Å². The second-order valence-corrected chi connectivity index (χ2v) is 9.02. The van der Waals surface area contributed by atoms with Gasteiger partial charge in [-0.1, -0.05) is 51.1 Å². The van der Waals surface area contributed by atoms with Gasteiger partial charge in [0.15, 0.2) is 0 Å². The van der Waals surface area contributed by atoms with Gasteiger partial charge in [0, 0.05) is 23.4 Å². The number of nitrogens with zero attached hydrogens (tertiary/aromatic N) is 6. The van der Waals surface area contributed by atoms with Gasteiger partial charge in [-0.25, -0.2) is 9.50 Å². The molecule has 0 fully saturated rings. The molecule has 4 rings (SSSR count). The van der Waals surface area contributed by atoms with Crippen LogP contribution in [-0.4, -0.2) is 29.7 Å². The topological polar surface area (TPSA) is 94.0 Å². The second kappa shape index (κ2) is 6.97. The van der Waals surface area contributed by atoms with E-state index in [4.69, 9.17) is 9.51 Å². The van der Waals surface area contributed by atoms with Crippen LogP contribution < -0.4 is 5.32 Å². The van der Waals surface area contributed by atoms with Crippen LogP contribution in [0.5, 0.6) is 0 Å². The molecule has 0 aliphatic heterocycles. The van der Waals surface area contributed by atoms with Crippen molar-refractivity contribution in [1.29, 1.82) is 0 Å². The highest BCUT2D eigenvalue weighted by atomic mass is 32.1. The second-order valence-electron chi connectivity index (χ2n) is 8.07. The molecule has 9 heteroatoms.